The van der Waals surface area contributed by atoms with Crippen LogP contribution in [0.4, 0.5) is 13.2 Å². The fraction of sp³-hybridized carbons (Fsp3) is 0. The molecule has 0 saturated heterocycles. The second-order valence-corrected chi connectivity index (χ2v) is 4.14. The van der Waals surface area contributed by atoms with E-state index >= 15 is 0 Å². The fourth-order valence-electron chi connectivity index (χ4n) is 1.41. The first-order chi connectivity index (χ1) is 8.00. The van der Waals surface area contributed by atoms with Gasteiger partial charge < -0.3 is 5.11 Å². The van der Waals surface area contributed by atoms with Crippen molar-refractivity contribution in [2.75, 3.05) is 0 Å². The maximum absolute atomic E-state index is 13.0. The predicted octanol–water partition coefficient (Wildman–Crippen LogP) is 3.53. The van der Waals surface area contributed by atoms with Crippen LogP contribution >= 0.6 is 11.3 Å². The van der Waals surface area contributed by atoms with Crippen LogP contribution in [0.1, 0.15) is 9.67 Å². The van der Waals surface area contributed by atoms with E-state index in [1.807, 2.05) is 0 Å². The number of hydrogen-bond donors (Lipinski definition) is 1. The summed E-state index contributed by atoms with van der Waals surface area (Å²) in [5.41, 5.74) is 0.167. The third-order valence-corrected chi connectivity index (χ3v) is 3.06. The third-order valence-electron chi connectivity index (χ3n) is 2.15. The first-order valence-electron chi connectivity index (χ1n) is 4.46. The summed E-state index contributed by atoms with van der Waals surface area (Å²) >= 11 is 0.930. The Morgan fingerprint density at radius 1 is 1.18 bits per heavy atom. The second kappa shape index (κ2) is 4.21. The normalized spacial score (nSPS) is 10.5. The van der Waals surface area contributed by atoms with E-state index in [2.05, 4.69) is 0 Å². The van der Waals surface area contributed by atoms with Crippen molar-refractivity contribution in [3.63, 3.8) is 0 Å². The number of rotatable bonds is 2. The Balaban J connectivity index is 2.61. The van der Waals surface area contributed by atoms with Crippen molar-refractivity contribution >= 4 is 17.3 Å². The topological polar surface area (TPSA) is 37.3 Å². The number of hydrogen-bond acceptors (Lipinski definition) is 2. The maximum Gasteiger partial charge on any atom is 0.346 e. The molecule has 0 unspecified atom stereocenters. The highest BCUT2D eigenvalue weighted by Crippen LogP contribution is 2.30. The van der Waals surface area contributed by atoms with Gasteiger partial charge in [-0.25, -0.2) is 18.0 Å². The molecule has 88 valence electrons. The zero-order chi connectivity index (χ0) is 12.6. The van der Waals surface area contributed by atoms with E-state index in [0.717, 1.165) is 23.5 Å². The Kier molecular flexibility index (Phi) is 2.89. The summed E-state index contributed by atoms with van der Waals surface area (Å²) < 4.78 is 38.8. The number of halogens is 3. The van der Waals surface area contributed by atoms with Crippen molar-refractivity contribution in [2.45, 2.75) is 0 Å². The Morgan fingerprint density at radius 2 is 1.76 bits per heavy atom. The molecule has 0 aliphatic carbocycles. The van der Waals surface area contributed by atoms with Gasteiger partial charge >= 0.3 is 5.97 Å². The minimum atomic E-state index is -1.57. The van der Waals surface area contributed by atoms with Crippen molar-refractivity contribution in [3.8, 4) is 11.1 Å². The van der Waals surface area contributed by atoms with Crippen LogP contribution in [-0.4, -0.2) is 11.1 Å². The largest absolute Gasteiger partial charge is 0.477 e. The highest BCUT2D eigenvalue weighted by molar-refractivity contribution is 7.12. The SMILES string of the molecule is O=C(O)c1sccc1-c1cc(F)c(F)c(F)c1. The van der Waals surface area contributed by atoms with Crippen molar-refractivity contribution in [3.05, 3.63) is 45.9 Å². The lowest BCUT2D eigenvalue weighted by molar-refractivity contribution is 0.0703. The lowest BCUT2D eigenvalue weighted by Gasteiger charge is -2.02. The van der Waals surface area contributed by atoms with Crippen molar-refractivity contribution in [1.82, 2.24) is 0 Å². The smallest absolute Gasteiger partial charge is 0.346 e. The molecule has 2 rings (SSSR count). The molecular formula is C11H5F3O2S. The van der Waals surface area contributed by atoms with Crippen LogP contribution in [0, 0.1) is 17.5 Å². The number of aromatic carboxylic acids is 1. The molecule has 0 bridgehead atoms. The molecule has 6 heteroatoms. The van der Waals surface area contributed by atoms with Crippen LogP contribution in [0.3, 0.4) is 0 Å². The number of thiophene rings is 1. The molecule has 2 nitrogen and oxygen atoms in total. The van der Waals surface area contributed by atoms with Gasteiger partial charge in [0.15, 0.2) is 17.5 Å². The summed E-state index contributed by atoms with van der Waals surface area (Å²) in [7, 11) is 0. The van der Waals surface area contributed by atoms with E-state index in [1.54, 1.807) is 0 Å². The highest BCUT2D eigenvalue weighted by Gasteiger charge is 2.17. The molecule has 17 heavy (non-hydrogen) atoms. The van der Waals surface area contributed by atoms with Gasteiger partial charge in [-0.15, -0.1) is 11.3 Å². The van der Waals surface area contributed by atoms with Crippen LogP contribution in [-0.2, 0) is 0 Å². The van der Waals surface area contributed by atoms with Crippen LogP contribution < -0.4 is 0 Å². The molecule has 2 aromatic rings. The molecule has 1 aromatic heterocycles. The molecule has 0 spiro atoms. The van der Waals surface area contributed by atoms with Crippen LogP contribution in [0.2, 0.25) is 0 Å². The summed E-state index contributed by atoms with van der Waals surface area (Å²) in [6.45, 7) is 0. The minimum Gasteiger partial charge on any atom is -0.477 e. The third kappa shape index (κ3) is 2.03. The Morgan fingerprint density at radius 3 is 2.29 bits per heavy atom. The predicted molar refractivity (Wildman–Crippen MR) is 56.6 cm³/mol. The van der Waals surface area contributed by atoms with Crippen molar-refractivity contribution in [2.24, 2.45) is 0 Å². The molecule has 1 heterocycles. The Labute approximate surface area is 97.9 Å². The maximum atomic E-state index is 13.0. The molecule has 0 amide bonds. The summed E-state index contributed by atoms with van der Waals surface area (Å²) in [5.74, 6) is -5.45. The Hall–Kier alpha value is -1.82. The zero-order valence-electron chi connectivity index (χ0n) is 8.21. The lowest BCUT2D eigenvalue weighted by atomic mass is 10.1. The average molecular weight is 258 g/mol. The standard InChI is InChI=1S/C11H5F3O2S/c12-7-3-5(4-8(13)9(7)14)6-1-2-17-10(6)11(15)16/h1-4H,(H,15,16). The highest BCUT2D eigenvalue weighted by atomic mass is 32.1. The molecule has 0 radical (unpaired) electrons. The van der Waals surface area contributed by atoms with Gasteiger partial charge in [-0.05, 0) is 29.1 Å². The van der Waals surface area contributed by atoms with E-state index in [-0.39, 0.29) is 16.0 Å². The molecule has 1 aromatic carbocycles. The molecule has 0 saturated carbocycles. The van der Waals surface area contributed by atoms with Crippen molar-refractivity contribution < 1.29 is 23.1 Å². The summed E-state index contributed by atoms with van der Waals surface area (Å²) in [6.07, 6.45) is 0. The van der Waals surface area contributed by atoms with Crippen LogP contribution in [0.15, 0.2) is 23.6 Å². The molecule has 0 atom stereocenters. The van der Waals surface area contributed by atoms with E-state index in [1.165, 1.54) is 11.4 Å². The molecular weight excluding hydrogens is 253 g/mol. The second-order valence-electron chi connectivity index (χ2n) is 3.22. The van der Waals surface area contributed by atoms with Crippen molar-refractivity contribution in [1.29, 1.82) is 0 Å². The number of carbonyl (C=O) groups is 1. The first kappa shape index (κ1) is 11.7. The van der Waals surface area contributed by atoms with Gasteiger partial charge in [-0.3, -0.25) is 0 Å². The molecule has 1 N–H and O–H groups in total. The van der Waals surface area contributed by atoms with E-state index < -0.39 is 23.4 Å². The van der Waals surface area contributed by atoms with Gasteiger partial charge in [0.2, 0.25) is 0 Å². The van der Waals surface area contributed by atoms with Gasteiger partial charge in [0.1, 0.15) is 4.88 Å². The molecule has 0 fully saturated rings. The van der Waals surface area contributed by atoms with Crippen LogP contribution in [0.25, 0.3) is 11.1 Å². The number of benzene rings is 1. The Bertz CT molecular complexity index is 569. The fourth-order valence-corrected chi connectivity index (χ4v) is 2.17. The first-order valence-corrected chi connectivity index (χ1v) is 5.34. The van der Waals surface area contributed by atoms with E-state index in [9.17, 15) is 18.0 Å². The quantitative estimate of drug-likeness (QED) is 0.837. The van der Waals surface area contributed by atoms with Gasteiger partial charge in [0, 0.05) is 5.56 Å². The van der Waals surface area contributed by atoms with Gasteiger partial charge in [0.25, 0.3) is 0 Å². The minimum absolute atomic E-state index is 0.0000463. The van der Waals surface area contributed by atoms with Gasteiger partial charge in [0.05, 0.1) is 0 Å². The van der Waals surface area contributed by atoms with E-state index in [4.69, 9.17) is 5.11 Å². The average Bonchev–Trinajstić information content (AvgIpc) is 2.74. The summed E-state index contributed by atoms with van der Waals surface area (Å²) in [5, 5.41) is 10.3. The van der Waals surface area contributed by atoms with Crippen LogP contribution in [0.5, 0.6) is 0 Å². The molecule has 0 aliphatic rings. The van der Waals surface area contributed by atoms with Gasteiger partial charge in [-0.2, -0.15) is 0 Å². The number of carboxylic acids is 1. The van der Waals surface area contributed by atoms with E-state index in [0.29, 0.717) is 0 Å². The zero-order valence-corrected chi connectivity index (χ0v) is 9.02. The lowest BCUT2D eigenvalue weighted by Crippen LogP contribution is -1.96. The molecule has 0 aliphatic heterocycles. The monoisotopic (exact) mass is 258 g/mol. The number of carboxylic acid groups (broad SMARTS) is 1. The summed E-state index contributed by atoms with van der Waals surface area (Å²) in [6, 6.07) is 2.96. The summed E-state index contributed by atoms with van der Waals surface area (Å²) in [4.78, 5) is 10.8. The van der Waals surface area contributed by atoms with Gasteiger partial charge in [-0.1, -0.05) is 0 Å².